The molecule has 0 amide bonds. The van der Waals surface area contributed by atoms with Gasteiger partial charge in [-0.1, -0.05) is 65.1 Å². The number of piperidine rings is 1. The monoisotopic (exact) mass is 497 g/mol. The Morgan fingerprint density at radius 1 is 0.871 bits per heavy atom. The summed E-state index contributed by atoms with van der Waals surface area (Å²) in [4.78, 5) is 12.7. The Morgan fingerprint density at radius 3 is 2.26 bits per heavy atom. The molecule has 0 saturated carbocycles. The molecule has 0 N–H and O–H groups in total. The topological polar surface area (TPSA) is 63.7 Å². The Hall–Kier alpha value is -1.83. The molecule has 0 unspecified atom stereocenters. The molecule has 31 heavy (non-hydrogen) atoms. The number of halogens is 3. The van der Waals surface area contributed by atoms with Crippen LogP contribution in [0.2, 0.25) is 15.1 Å². The van der Waals surface area contributed by atoms with E-state index in [1.54, 1.807) is 18.2 Å². The third kappa shape index (κ3) is 4.41. The summed E-state index contributed by atoms with van der Waals surface area (Å²) < 4.78 is 32.9. The standard InChI is InChI=1S/C22H18Cl3NO4S/c23-17-8-9-19(16-5-2-1-4-15(16)17)30-22(27)14-10-12-26(13-11-14)31(28,29)20-7-3-6-18(24)21(20)25/h1-9,14H,10-13H2. The average molecular weight is 499 g/mol. The van der Waals surface area contributed by atoms with Crippen molar-refractivity contribution >= 4 is 61.6 Å². The minimum Gasteiger partial charge on any atom is -0.426 e. The second-order valence-corrected chi connectivity index (χ2v) is 10.3. The van der Waals surface area contributed by atoms with E-state index in [1.807, 2.05) is 24.3 Å². The van der Waals surface area contributed by atoms with Gasteiger partial charge >= 0.3 is 5.97 Å². The summed E-state index contributed by atoms with van der Waals surface area (Å²) in [5.41, 5.74) is 0. The van der Waals surface area contributed by atoms with Crippen LogP contribution in [0.25, 0.3) is 10.8 Å². The molecular weight excluding hydrogens is 481 g/mol. The molecule has 162 valence electrons. The lowest BCUT2D eigenvalue weighted by molar-refractivity contribution is -0.140. The maximum absolute atomic E-state index is 13.0. The molecule has 1 aliphatic heterocycles. The molecular formula is C22H18Cl3NO4S. The fraction of sp³-hybridized carbons (Fsp3) is 0.227. The van der Waals surface area contributed by atoms with Crippen LogP contribution >= 0.6 is 34.8 Å². The molecule has 5 nitrogen and oxygen atoms in total. The average Bonchev–Trinajstić information content (AvgIpc) is 2.77. The van der Waals surface area contributed by atoms with E-state index in [2.05, 4.69) is 0 Å². The summed E-state index contributed by atoms with van der Waals surface area (Å²) in [5, 5.41) is 2.30. The number of rotatable bonds is 4. The number of benzene rings is 3. The maximum atomic E-state index is 13.0. The quantitative estimate of drug-likeness (QED) is 0.336. The second kappa shape index (κ2) is 8.96. The largest absolute Gasteiger partial charge is 0.426 e. The minimum absolute atomic E-state index is 0.000293. The van der Waals surface area contributed by atoms with Gasteiger partial charge in [-0.2, -0.15) is 4.31 Å². The van der Waals surface area contributed by atoms with Gasteiger partial charge in [-0.25, -0.2) is 8.42 Å². The van der Waals surface area contributed by atoms with Gasteiger partial charge in [-0.3, -0.25) is 4.79 Å². The predicted molar refractivity (Wildman–Crippen MR) is 123 cm³/mol. The van der Waals surface area contributed by atoms with Crippen LogP contribution in [0, 0.1) is 5.92 Å². The van der Waals surface area contributed by atoms with E-state index >= 15 is 0 Å². The van der Waals surface area contributed by atoms with Crippen LogP contribution in [0.3, 0.4) is 0 Å². The van der Waals surface area contributed by atoms with Gasteiger partial charge in [0.05, 0.1) is 16.0 Å². The fourth-order valence-corrected chi connectivity index (χ4v) is 6.10. The van der Waals surface area contributed by atoms with Crippen LogP contribution in [0.4, 0.5) is 0 Å². The molecule has 0 aliphatic carbocycles. The number of hydrogen-bond acceptors (Lipinski definition) is 4. The molecule has 3 aromatic carbocycles. The highest BCUT2D eigenvalue weighted by atomic mass is 35.5. The van der Waals surface area contributed by atoms with Crippen molar-refractivity contribution in [1.82, 2.24) is 4.31 Å². The number of esters is 1. The summed E-state index contributed by atoms with van der Waals surface area (Å²) in [6.45, 7) is 0.374. The zero-order valence-corrected chi connectivity index (χ0v) is 19.3. The maximum Gasteiger partial charge on any atom is 0.314 e. The molecule has 1 saturated heterocycles. The van der Waals surface area contributed by atoms with Gasteiger partial charge in [0, 0.05) is 28.9 Å². The number of hydrogen-bond donors (Lipinski definition) is 0. The zero-order chi connectivity index (χ0) is 22.2. The minimum atomic E-state index is -3.81. The van der Waals surface area contributed by atoms with E-state index in [0.29, 0.717) is 23.6 Å². The number of fused-ring (bicyclic) bond motifs is 1. The van der Waals surface area contributed by atoms with E-state index in [0.717, 1.165) is 10.8 Å². The first-order chi connectivity index (χ1) is 14.8. The van der Waals surface area contributed by atoms with Crippen molar-refractivity contribution in [3.63, 3.8) is 0 Å². The fourth-order valence-electron chi connectivity index (χ4n) is 3.67. The Bertz CT molecular complexity index is 1250. The SMILES string of the molecule is O=C(Oc1ccc(Cl)c2ccccc12)C1CCN(S(=O)(=O)c2cccc(Cl)c2Cl)CC1. The summed E-state index contributed by atoms with van der Waals surface area (Å²) in [6.07, 6.45) is 0.698. The molecule has 1 heterocycles. The summed E-state index contributed by atoms with van der Waals surface area (Å²) >= 11 is 18.3. The Morgan fingerprint density at radius 2 is 1.55 bits per heavy atom. The molecule has 0 aromatic heterocycles. The van der Waals surface area contributed by atoms with Crippen molar-refractivity contribution in [2.24, 2.45) is 5.92 Å². The zero-order valence-electron chi connectivity index (χ0n) is 16.2. The molecule has 9 heteroatoms. The first kappa shape index (κ1) is 22.4. The molecule has 4 rings (SSSR count). The van der Waals surface area contributed by atoms with E-state index < -0.39 is 15.9 Å². The van der Waals surface area contributed by atoms with E-state index in [1.165, 1.54) is 16.4 Å². The molecule has 0 radical (unpaired) electrons. The highest BCUT2D eigenvalue weighted by Gasteiger charge is 2.34. The Balaban J connectivity index is 1.46. The number of nitrogens with zero attached hydrogens (tertiary/aromatic N) is 1. The van der Waals surface area contributed by atoms with Gasteiger partial charge in [0.1, 0.15) is 10.6 Å². The number of carbonyl (C=O) groups excluding carboxylic acids is 1. The van der Waals surface area contributed by atoms with E-state index in [-0.39, 0.29) is 34.0 Å². The van der Waals surface area contributed by atoms with Gasteiger partial charge in [-0.15, -0.1) is 0 Å². The van der Waals surface area contributed by atoms with Crippen molar-refractivity contribution in [3.8, 4) is 5.75 Å². The highest BCUT2D eigenvalue weighted by molar-refractivity contribution is 7.89. The summed E-state index contributed by atoms with van der Waals surface area (Å²) in [5.74, 6) is -0.355. The normalized spacial score (nSPS) is 15.8. The van der Waals surface area contributed by atoms with Gasteiger partial charge in [0.25, 0.3) is 0 Å². The lowest BCUT2D eigenvalue weighted by atomic mass is 9.98. The van der Waals surface area contributed by atoms with E-state index in [9.17, 15) is 13.2 Å². The number of ether oxygens (including phenoxy) is 1. The highest BCUT2D eigenvalue weighted by Crippen LogP contribution is 2.34. The second-order valence-electron chi connectivity index (χ2n) is 7.24. The van der Waals surface area contributed by atoms with Crippen LogP contribution < -0.4 is 4.74 Å². The lowest BCUT2D eigenvalue weighted by Gasteiger charge is -2.30. The number of carbonyl (C=O) groups is 1. The lowest BCUT2D eigenvalue weighted by Crippen LogP contribution is -2.41. The molecule has 0 bridgehead atoms. The van der Waals surface area contributed by atoms with Crippen LogP contribution in [0.15, 0.2) is 59.5 Å². The van der Waals surface area contributed by atoms with E-state index in [4.69, 9.17) is 39.5 Å². The van der Waals surface area contributed by atoms with Crippen molar-refractivity contribution in [2.75, 3.05) is 13.1 Å². The van der Waals surface area contributed by atoms with Crippen LogP contribution in [-0.2, 0) is 14.8 Å². The van der Waals surface area contributed by atoms with Crippen molar-refractivity contribution in [2.45, 2.75) is 17.7 Å². The van der Waals surface area contributed by atoms with Crippen LogP contribution in [0.1, 0.15) is 12.8 Å². The van der Waals surface area contributed by atoms with Crippen molar-refractivity contribution in [1.29, 1.82) is 0 Å². The number of sulfonamides is 1. The third-order valence-electron chi connectivity index (χ3n) is 5.36. The Labute approximate surface area is 195 Å². The Kier molecular flexibility index (Phi) is 6.47. The summed E-state index contributed by atoms with van der Waals surface area (Å²) in [6, 6.07) is 15.3. The molecule has 1 fully saturated rings. The van der Waals surface area contributed by atoms with Gasteiger partial charge in [0.2, 0.25) is 10.0 Å². The van der Waals surface area contributed by atoms with Crippen LogP contribution in [-0.4, -0.2) is 31.8 Å². The molecule has 3 aromatic rings. The summed E-state index contributed by atoms with van der Waals surface area (Å²) in [7, 11) is -3.81. The van der Waals surface area contributed by atoms with Crippen molar-refractivity contribution < 1.29 is 17.9 Å². The molecule has 0 spiro atoms. The van der Waals surface area contributed by atoms with Crippen molar-refractivity contribution in [3.05, 3.63) is 69.7 Å². The molecule has 1 aliphatic rings. The predicted octanol–water partition coefficient (Wildman–Crippen LogP) is 5.81. The van der Waals surface area contributed by atoms with Crippen LogP contribution in [0.5, 0.6) is 5.75 Å². The third-order valence-corrected chi connectivity index (χ3v) is 8.56. The van der Waals surface area contributed by atoms with Gasteiger partial charge in [-0.05, 0) is 37.1 Å². The first-order valence-electron chi connectivity index (χ1n) is 9.62. The first-order valence-corrected chi connectivity index (χ1v) is 12.2. The molecule has 0 atom stereocenters. The van der Waals surface area contributed by atoms with Gasteiger partial charge < -0.3 is 4.74 Å². The van der Waals surface area contributed by atoms with Gasteiger partial charge in [0.15, 0.2) is 0 Å². The smallest absolute Gasteiger partial charge is 0.314 e.